The maximum Gasteiger partial charge on any atom is 0.308 e. The molecule has 1 unspecified atom stereocenters. The molecule has 0 aromatic rings. The minimum atomic E-state index is -0.797. The molecule has 11 heavy (non-hydrogen) atoms. The molecule has 0 heterocycles. The molecule has 0 bridgehead atoms. The topological polar surface area (TPSA) is 46.5 Å². The third kappa shape index (κ3) is 5.85. The molecular formula is C8H16O3. The van der Waals surface area contributed by atoms with Crippen molar-refractivity contribution in [2.45, 2.75) is 20.8 Å². The Balaban J connectivity index is 3.31. The van der Waals surface area contributed by atoms with Gasteiger partial charge in [0.1, 0.15) is 0 Å². The van der Waals surface area contributed by atoms with E-state index >= 15 is 0 Å². The van der Waals surface area contributed by atoms with Crippen LogP contribution in [0.25, 0.3) is 0 Å². The summed E-state index contributed by atoms with van der Waals surface area (Å²) in [6.45, 7) is 6.66. The van der Waals surface area contributed by atoms with Crippen LogP contribution in [0.3, 0.4) is 0 Å². The highest BCUT2D eigenvalue weighted by molar-refractivity contribution is 5.69. The van der Waals surface area contributed by atoms with Gasteiger partial charge in [0.25, 0.3) is 0 Å². The Morgan fingerprint density at radius 1 is 1.36 bits per heavy atom. The van der Waals surface area contributed by atoms with Gasteiger partial charge in [-0.3, -0.25) is 4.79 Å². The summed E-state index contributed by atoms with van der Waals surface area (Å²) in [5, 5.41) is 8.47. The van der Waals surface area contributed by atoms with E-state index in [1.807, 2.05) is 13.8 Å². The third-order valence-corrected chi connectivity index (χ3v) is 1.24. The number of carboxylic acid groups (broad SMARTS) is 1. The van der Waals surface area contributed by atoms with Gasteiger partial charge in [-0.05, 0) is 12.8 Å². The zero-order valence-electron chi connectivity index (χ0n) is 7.33. The van der Waals surface area contributed by atoms with Gasteiger partial charge in [0.15, 0.2) is 0 Å². The Morgan fingerprint density at radius 2 is 1.91 bits per heavy atom. The number of hydrogen-bond donors (Lipinski definition) is 1. The summed E-state index contributed by atoms with van der Waals surface area (Å²) in [5.41, 5.74) is 0. The van der Waals surface area contributed by atoms with Crippen molar-refractivity contribution < 1.29 is 14.6 Å². The third-order valence-electron chi connectivity index (χ3n) is 1.24. The highest BCUT2D eigenvalue weighted by Crippen LogP contribution is 1.98. The second-order valence-electron chi connectivity index (χ2n) is 3.17. The lowest BCUT2D eigenvalue weighted by molar-refractivity contribution is -0.143. The Kier molecular flexibility index (Phi) is 4.86. The molecule has 3 nitrogen and oxygen atoms in total. The molecule has 0 rings (SSSR count). The summed E-state index contributed by atoms with van der Waals surface area (Å²) in [7, 11) is 0. The molecule has 0 aromatic heterocycles. The Morgan fingerprint density at radius 3 is 2.27 bits per heavy atom. The summed E-state index contributed by atoms with van der Waals surface area (Å²) in [6.07, 6.45) is 0. The largest absolute Gasteiger partial charge is 0.481 e. The Hall–Kier alpha value is -0.570. The lowest BCUT2D eigenvalue weighted by Crippen LogP contribution is -2.17. The molecule has 0 saturated heterocycles. The Bertz CT molecular complexity index is 121. The van der Waals surface area contributed by atoms with Crippen LogP contribution in [-0.4, -0.2) is 24.3 Å². The van der Waals surface area contributed by atoms with Crippen molar-refractivity contribution in [1.82, 2.24) is 0 Å². The summed E-state index contributed by atoms with van der Waals surface area (Å²) in [5.74, 6) is -0.724. The molecule has 3 heteroatoms. The molecule has 0 amide bonds. The van der Waals surface area contributed by atoms with E-state index in [4.69, 9.17) is 9.84 Å². The smallest absolute Gasteiger partial charge is 0.308 e. The van der Waals surface area contributed by atoms with E-state index in [9.17, 15) is 4.79 Å². The Labute approximate surface area is 67.4 Å². The zero-order chi connectivity index (χ0) is 8.85. The average Bonchev–Trinajstić information content (AvgIpc) is 1.86. The predicted molar refractivity (Wildman–Crippen MR) is 42.5 cm³/mol. The first-order chi connectivity index (χ1) is 5.04. The van der Waals surface area contributed by atoms with Crippen molar-refractivity contribution in [3.05, 3.63) is 0 Å². The SMILES string of the molecule is CC(C)COCC(C)C(=O)O. The second-order valence-corrected chi connectivity index (χ2v) is 3.17. The van der Waals surface area contributed by atoms with E-state index in [1.165, 1.54) is 0 Å². The fraction of sp³-hybridized carbons (Fsp3) is 0.875. The number of aliphatic carboxylic acids is 1. The van der Waals surface area contributed by atoms with Gasteiger partial charge in [0, 0.05) is 6.61 Å². The lowest BCUT2D eigenvalue weighted by atomic mass is 10.2. The van der Waals surface area contributed by atoms with Crippen LogP contribution in [-0.2, 0) is 9.53 Å². The molecule has 1 atom stereocenters. The van der Waals surface area contributed by atoms with E-state index < -0.39 is 11.9 Å². The minimum Gasteiger partial charge on any atom is -0.481 e. The monoisotopic (exact) mass is 160 g/mol. The normalized spacial score (nSPS) is 13.5. The molecule has 1 N–H and O–H groups in total. The van der Waals surface area contributed by atoms with Crippen molar-refractivity contribution in [2.75, 3.05) is 13.2 Å². The van der Waals surface area contributed by atoms with E-state index in [0.717, 1.165) is 0 Å². The molecule has 0 spiro atoms. The van der Waals surface area contributed by atoms with Gasteiger partial charge >= 0.3 is 5.97 Å². The quantitative estimate of drug-likeness (QED) is 0.661. The van der Waals surface area contributed by atoms with Crippen molar-refractivity contribution >= 4 is 5.97 Å². The summed E-state index contributed by atoms with van der Waals surface area (Å²) < 4.78 is 5.14. The molecule has 0 aliphatic rings. The van der Waals surface area contributed by atoms with Gasteiger partial charge in [-0.15, -0.1) is 0 Å². The highest BCUT2D eigenvalue weighted by Gasteiger charge is 2.10. The first kappa shape index (κ1) is 10.4. The summed E-state index contributed by atoms with van der Waals surface area (Å²) in [6, 6.07) is 0. The van der Waals surface area contributed by atoms with Gasteiger partial charge in [0.05, 0.1) is 12.5 Å². The van der Waals surface area contributed by atoms with Gasteiger partial charge in [-0.1, -0.05) is 13.8 Å². The predicted octanol–water partition coefficient (Wildman–Crippen LogP) is 1.38. The number of rotatable bonds is 5. The van der Waals surface area contributed by atoms with Crippen LogP contribution in [0.4, 0.5) is 0 Å². The van der Waals surface area contributed by atoms with Crippen LogP contribution in [0.2, 0.25) is 0 Å². The first-order valence-electron chi connectivity index (χ1n) is 3.84. The number of carbonyl (C=O) groups is 1. The lowest BCUT2D eigenvalue weighted by Gasteiger charge is -2.08. The standard InChI is InChI=1S/C8H16O3/c1-6(2)4-11-5-7(3)8(9)10/h6-7H,4-5H2,1-3H3,(H,9,10). The maximum atomic E-state index is 10.3. The van der Waals surface area contributed by atoms with Gasteiger partial charge < -0.3 is 9.84 Å². The van der Waals surface area contributed by atoms with Crippen LogP contribution in [0.15, 0.2) is 0 Å². The summed E-state index contributed by atoms with van der Waals surface area (Å²) in [4.78, 5) is 10.3. The molecule has 66 valence electrons. The average molecular weight is 160 g/mol. The highest BCUT2D eigenvalue weighted by atomic mass is 16.5. The molecule has 0 saturated carbocycles. The van der Waals surface area contributed by atoms with Crippen molar-refractivity contribution in [3.63, 3.8) is 0 Å². The maximum absolute atomic E-state index is 10.3. The molecular weight excluding hydrogens is 144 g/mol. The first-order valence-corrected chi connectivity index (χ1v) is 3.84. The van der Waals surface area contributed by atoms with E-state index in [1.54, 1.807) is 6.92 Å². The molecule has 0 aliphatic heterocycles. The van der Waals surface area contributed by atoms with Gasteiger partial charge in [-0.25, -0.2) is 0 Å². The van der Waals surface area contributed by atoms with Gasteiger partial charge in [0.2, 0.25) is 0 Å². The number of ether oxygens (including phenoxy) is 1. The van der Waals surface area contributed by atoms with E-state index in [0.29, 0.717) is 19.1 Å². The molecule has 0 radical (unpaired) electrons. The number of carboxylic acids is 1. The zero-order valence-corrected chi connectivity index (χ0v) is 7.33. The van der Waals surface area contributed by atoms with Crippen molar-refractivity contribution in [1.29, 1.82) is 0 Å². The van der Waals surface area contributed by atoms with E-state index in [-0.39, 0.29) is 0 Å². The van der Waals surface area contributed by atoms with Crippen LogP contribution < -0.4 is 0 Å². The van der Waals surface area contributed by atoms with Crippen molar-refractivity contribution in [3.8, 4) is 0 Å². The second kappa shape index (κ2) is 5.13. The van der Waals surface area contributed by atoms with Crippen LogP contribution >= 0.6 is 0 Å². The van der Waals surface area contributed by atoms with E-state index in [2.05, 4.69) is 0 Å². The molecule has 0 aliphatic carbocycles. The van der Waals surface area contributed by atoms with Gasteiger partial charge in [-0.2, -0.15) is 0 Å². The van der Waals surface area contributed by atoms with Crippen LogP contribution in [0.5, 0.6) is 0 Å². The minimum absolute atomic E-state index is 0.313. The fourth-order valence-electron chi connectivity index (χ4n) is 0.552. The fourth-order valence-corrected chi connectivity index (χ4v) is 0.552. The summed E-state index contributed by atoms with van der Waals surface area (Å²) >= 11 is 0. The molecule has 0 fully saturated rings. The van der Waals surface area contributed by atoms with Crippen LogP contribution in [0, 0.1) is 11.8 Å². The van der Waals surface area contributed by atoms with Crippen molar-refractivity contribution in [2.24, 2.45) is 11.8 Å². The molecule has 0 aromatic carbocycles. The van der Waals surface area contributed by atoms with Crippen LogP contribution in [0.1, 0.15) is 20.8 Å². The number of hydrogen-bond acceptors (Lipinski definition) is 2.